The highest BCUT2D eigenvalue weighted by Crippen LogP contribution is 2.38. The fourth-order valence-corrected chi connectivity index (χ4v) is 7.14. The second-order valence-corrected chi connectivity index (χ2v) is 12.9. The lowest BCUT2D eigenvalue weighted by Crippen LogP contribution is -2.30. The third-order valence-electron chi connectivity index (χ3n) is 7.33. The summed E-state index contributed by atoms with van der Waals surface area (Å²) in [5.74, 6) is -2.08. The standard InChI is InChI=1S/C36H34FN3O5S2/c1-2-45-36(44)32-28-14-7-4-8-15-30(28)47-35(32)40-31(41)22-46-27-13-9-12-26(21-27)38-34(43)29(20-23-16-18-25(37)19-17-23)39-33(42)24-10-5-3-6-11-24/h3,5-6,9-13,16-21H,2,4,7-8,14-15,22H2,1H3,(H,38,43)(H,39,42)(H,40,41)/b29-20+. The topological polar surface area (TPSA) is 114 Å². The Morgan fingerprint density at radius 3 is 2.45 bits per heavy atom. The molecule has 0 saturated carbocycles. The van der Waals surface area contributed by atoms with Crippen LogP contribution in [0.25, 0.3) is 6.08 Å². The van der Waals surface area contributed by atoms with Crippen LogP contribution in [0.15, 0.2) is 89.5 Å². The Balaban J connectivity index is 1.26. The second-order valence-electron chi connectivity index (χ2n) is 10.7. The Kier molecular flexibility index (Phi) is 11.6. The number of benzene rings is 3. The highest BCUT2D eigenvalue weighted by Gasteiger charge is 2.26. The Morgan fingerprint density at radius 1 is 0.915 bits per heavy atom. The lowest BCUT2D eigenvalue weighted by molar-refractivity contribution is -0.114. The zero-order valence-corrected chi connectivity index (χ0v) is 27.4. The molecule has 0 fully saturated rings. The Bertz CT molecular complexity index is 1790. The molecule has 0 bridgehead atoms. The van der Waals surface area contributed by atoms with E-state index >= 15 is 0 Å². The maximum atomic E-state index is 13.5. The van der Waals surface area contributed by atoms with Gasteiger partial charge in [-0.1, -0.05) is 42.8 Å². The van der Waals surface area contributed by atoms with E-state index in [2.05, 4.69) is 16.0 Å². The monoisotopic (exact) mass is 671 g/mol. The van der Waals surface area contributed by atoms with Crippen molar-refractivity contribution in [2.75, 3.05) is 23.0 Å². The number of anilines is 2. The van der Waals surface area contributed by atoms with Gasteiger partial charge in [-0.2, -0.15) is 0 Å². The van der Waals surface area contributed by atoms with Crippen LogP contribution in [0.5, 0.6) is 0 Å². The van der Waals surface area contributed by atoms with E-state index in [-0.39, 0.29) is 24.0 Å². The van der Waals surface area contributed by atoms with E-state index < -0.39 is 23.6 Å². The molecule has 0 aliphatic heterocycles. The van der Waals surface area contributed by atoms with Crippen molar-refractivity contribution >= 4 is 63.6 Å². The van der Waals surface area contributed by atoms with Crippen LogP contribution < -0.4 is 16.0 Å². The number of thioether (sulfide) groups is 1. The Hall–Kier alpha value is -4.74. The van der Waals surface area contributed by atoms with Gasteiger partial charge in [0.25, 0.3) is 11.8 Å². The lowest BCUT2D eigenvalue weighted by Gasteiger charge is -2.12. The molecule has 4 aromatic rings. The summed E-state index contributed by atoms with van der Waals surface area (Å²) in [6.45, 7) is 2.01. The lowest BCUT2D eigenvalue weighted by atomic mass is 10.1. The number of thiophene rings is 1. The van der Waals surface area contributed by atoms with Crippen molar-refractivity contribution < 1.29 is 28.3 Å². The zero-order valence-electron chi connectivity index (χ0n) is 25.8. The normalized spacial score (nSPS) is 12.8. The first-order chi connectivity index (χ1) is 22.8. The molecule has 3 aromatic carbocycles. The summed E-state index contributed by atoms with van der Waals surface area (Å²) in [5.41, 5.74) is 2.77. The van der Waals surface area contributed by atoms with E-state index in [9.17, 15) is 23.6 Å². The van der Waals surface area contributed by atoms with Crippen molar-refractivity contribution in [3.63, 3.8) is 0 Å². The SMILES string of the molecule is CCOC(=O)c1c(NC(=O)CSc2cccc(NC(=O)/C(=C\c3ccc(F)cc3)NC(=O)c3ccccc3)c2)sc2c1CCCCC2. The summed E-state index contributed by atoms with van der Waals surface area (Å²) >= 11 is 2.73. The number of halogens is 1. The number of fused-ring (bicyclic) bond motifs is 1. The van der Waals surface area contributed by atoms with Gasteiger partial charge in [0.15, 0.2) is 0 Å². The van der Waals surface area contributed by atoms with Gasteiger partial charge in [-0.05, 0) is 92.3 Å². The first-order valence-corrected chi connectivity index (χ1v) is 17.1. The molecule has 0 unspecified atom stereocenters. The molecule has 1 heterocycles. The zero-order chi connectivity index (χ0) is 33.2. The molecule has 1 aromatic heterocycles. The van der Waals surface area contributed by atoms with Crippen LogP contribution in [0.3, 0.4) is 0 Å². The summed E-state index contributed by atoms with van der Waals surface area (Å²) in [6.07, 6.45) is 6.29. The minimum Gasteiger partial charge on any atom is -0.462 e. The van der Waals surface area contributed by atoms with Crippen molar-refractivity contribution in [1.29, 1.82) is 0 Å². The summed E-state index contributed by atoms with van der Waals surface area (Å²) in [6, 6.07) is 21.0. The second kappa shape index (κ2) is 16.2. The summed E-state index contributed by atoms with van der Waals surface area (Å²) in [7, 11) is 0. The maximum absolute atomic E-state index is 13.5. The number of aryl methyl sites for hydroxylation is 1. The molecule has 0 radical (unpaired) electrons. The first kappa shape index (κ1) is 33.6. The highest BCUT2D eigenvalue weighted by atomic mass is 32.2. The summed E-state index contributed by atoms with van der Waals surface area (Å²) in [4.78, 5) is 54.0. The number of amides is 3. The van der Waals surface area contributed by atoms with Crippen molar-refractivity contribution in [2.24, 2.45) is 0 Å². The number of nitrogens with one attached hydrogen (secondary N) is 3. The molecule has 0 saturated heterocycles. The van der Waals surface area contributed by atoms with Crippen LogP contribution in [0.1, 0.15) is 62.9 Å². The van der Waals surface area contributed by atoms with Crippen LogP contribution in [-0.2, 0) is 27.2 Å². The Morgan fingerprint density at radius 2 is 1.68 bits per heavy atom. The smallest absolute Gasteiger partial charge is 0.341 e. The number of rotatable bonds is 11. The summed E-state index contributed by atoms with van der Waals surface area (Å²) in [5, 5.41) is 8.93. The molecule has 11 heteroatoms. The van der Waals surface area contributed by atoms with Crippen LogP contribution >= 0.6 is 23.1 Å². The van der Waals surface area contributed by atoms with Crippen molar-refractivity contribution in [3.05, 3.63) is 118 Å². The quantitative estimate of drug-likeness (QED) is 0.0660. The van der Waals surface area contributed by atoms with Gasteiger partial charge in [0.2, 0.25) is 5.91 Å². The maximum Gasteiger partial charge on any atom is 0.341 e. The minimum atomic E-state index is -0.581. The minimum absolute atomic E-state index is 0.0327. The molecule has 0 atom stereocenters. The fourth-order valence-electron chi connectivity index (χ4n) is 5.09. The van der Waals surface area contributed by atoms with Crippen molar-refractivity contribution in [3.8, 4) is 0 Å². The molecule has 1 aliphatic rings. The van der Waals surface area contributed by atoms with Gasteiger partial charge in [0, 0.05) is 21.0 Å². The van der Waals surface area contributed by atoms with E-state index in [1.807, 2.05) is 6.07 Å². The molecule has 5 rings (SSSR count). The van der Waals surface area contributed by atoms with Crippen LogP contribution in [0.4, 0.5) is 15.1 Å². The number of carbonyl (C=O) groups excluding carboxylic acids is 4. The van der Waals surface area contributed by atoms with Gasteiger partial charge in [-0.15, -0.1) is 23.1 Å². The first-order valence-electron chi connectivity index (χ1n) is 15.3. The van der Waals surface area contributed by atoms with E-state index in [1.165, 1.54) is 53.4 Å². The number of hydrogen-bond donors (Lipinski definition) is 3. The van der Waals surface area contributed by atoms with E-state index in [4.69, 9.17) is 4.74 Å². The number of hydrogen-bond acceptors (Lipinski definition) is 7. The number of esters is 1. The predicted molar refractivity (Wildman–Crippen MR) is 184 cm³/mol. The van der Waals surface area contributed by atoms with Crippen molar-refractivity contribution in [2.45, 2.75) is 43.9 Å². The van der Waals surface area contributed by atoms with Gasteiger partial charge in [-0.3, -0.25) is 14.4 Å². The molecular formula is C36H34FN3O5S2. The van der Waals surface area contributed by atoms with E-state index in [1.54, 1.807) is 55.5 Å². The van der Waals surface area contributed by atoms with E-state index in [0.29, 0.717) is 27.4 Å². The third kappa shape index (κ3) is 9.17. The van der Waals surface area contributed by atoms with Crippen LogP contribution in [0, 0.1) is 5.82 Å². The largest absolute Gasteiger partial charge is 0.462 e. The Labute approximate surface area is 280 Å². The fraction of sp³-hybridized carbons (Fsp3) is 0.222. The van der Waals surface area contributed by atoms with Gasteiger partial charge in [-0.25, -0.2) is 9.18 Å². The average molecular weight is 672 g/mol. The van der Waals surface area contributed by atoms with Gasteiger partial charge in [0.1, 0.15) is 16.5 Å². The molecule has 3 N–H and O–H groups in total. The molecule has 1 aliphatic carbocycles. The predicted octanol–water partition coefficient (Wildman–Crippen LogP) is 7.47. The molecular weight excluding hydrogens is 638 g/mol. The van der Waals surface area contributed by atoms with Gasteiger partial charge >= 0.3 is 5.97 Å². The average Bonchev–Trinajstić information content (AvgIpc) is 3.24. The third-order valence-corrected chi connectivity index (χ3v) is 9.53. The van der Waals surface area contributed by atoms with Gasteiger partial charge < -0.3 is 20.7 Å². The van der Waals surface area contributed by atoms with Crippen LogP contribution in [0.2, 0.25) is 0 Å². The molecule has 242 valence electrons. The molecule has 8 nitrogen and oxygen atoms in total. The van der Waals surface area contributed by atoms with Crippen molar-refractivity contribution in [1.82, 2.24) is 5.32 Å². The summed E-state index contributed by atoms with van der Waals surface area (Å²) < 4.78 is 18.8. The van der Waals surface area contributed by atoms with Crippen LogP contribution in [-0.4, -0.2) is 36.1 Å². The molecule has 3 amide bonds. The van der Waals surface area contributed by atoms with E-state index in [0.717, 1.165) is 47.4 Å². The number of carbonyl (C=O) groups is 4. The highest BCUT2D eigenvalue weighted by molar-refractivity contribution is 8.00. The molecule has 47 heavy (non-hydrogen) atoms. The number of ether oxygens (including phenoxy) is 1. The molecule has 0 spiro atoms. The van der Waals surface area contributed by atoms with Gasteiger partial charge in [0.05, 0.1) is 17.9 Å².